The van der Waals surface area contributed by atoms with Gasteiger partial charge in [-0.15, -0.1) is 0 Å². The fraction of sp³-hybridized carbons (Fsp3) is 0.538. The van der Waals surface area contributed by atoms with Gasteiger partial charge in [-0.2, -0.15) is 0 Å². The van der Waals surface area contributed by atoms with Crippen LogP contribution in [0.4, 0.5) is 0 Å². The highest BCUT2D eigenvalue weighted by molar-refractivity contribution is 5.18. The van der Waals surface area contributed by atoms with Gasteiger partial charge in [-0.1, -0.05) is 31.2 Å². The van der Waals surface area contributed by atoms with E-state index >= 15 is 0 Å². The molecule has 1 atom stereocenters. The third-order valence-corrected chi connectivity index (χ3v) is 3.11. The lowest BCUT2D eigenvalue weighted by Crippen LogP contribution is -2.45. The number of nitrogens with zero attached hydrogens (tertiary/aromatic N) is 1. The van der Waals surface area contributed by atoms with Gasteiger partial charge in [-0.25, -0.2) is 0 Å². The minimum atomic E-state index is 0.585. The van der Waals surface area contributed by atoms with E-state index in [2.05, 4.69) is 35.3 Å². The van der Waals surface area contributed by atoms with E-state index in [1.807, 2.05) is 12.1 Å². The van der Waals surface area contributed by atoms with Gasteiger partial charge in [0, 0.05) is 32.2 Å². The molecule has 0 amide bonds. The van der Waals surface area contributed by atoms with Crippen LogP contribution in [0, 0.1) is 6.07 Å². The second-order valence-electron chi connectivity index (χ2n) is 4.04. The quantitative estimate of drug-likeness (QED) is 0.806. The molecule has 1 heterocycles. The van der Waals surface area contributed by atoms with Crippen molar-refractivity contribution in [2.45, 2.75) is 19.4 Å². The molecule has 1 unspecified atom stereocenters. The van der Waals surface area contributed by atoms with Crippen LogP contribution in [0.2, 0.25) is 0 Å². The van der Waals surface area contributed by atoms with Crippen LogP contribution in [0.15, 0.2) is 24.3 Å². The molecule has 1 aromatic carbocycles. The molecule has 1 N–H and O–H groups in total. The summed E-state index contributed by atoms with van der Waals surface area (Å²) in [4.78, 5) is 2.58. The topological polar surface area (TPSA) is 15.3 Å². The molecule has 2 rings (SSSR count). The maximum atomic E-state index is 3.40. The van der Waals surface area contributed by atoms with Gasteiger partial charge in [-0.05, 0) is 18.1 Å². The predicted molar refractivity (Wildman–Crippen MR) is 62.8 cm³/mol. The highest BCUT2D eigenvalue weighted by Crippen LogP contribution is 2.23. The molecule has 1 saturated heterocycles. The van der Waals surface area contributed by atoms with Crippen molar-refractivity contribution in [2.75, 3.05) is 26.2 Å². The Morgan fingerprint density at radius 3 is 2.60 bits per heavy atom. The molecule has 0 aromatic heterocycles. The Morgan fingerprint density at radius 2 is 2.00 bits per heavy atom. The third kappa shape index (κ3) is 2.58. The summed E-state index contributed by atoms with van der Waals surface area (Å²) in [5.41, 5.74) is 1.43. The number of piperazine rings is 1. The van der Waals surface area contributed by atoms with Crippen molar-refractivity contribution in [2.24, 2.45) is 0 Å². The van der Waals surface area contributed by atoms with E-state index in [1.54, 1.807) is 0 Å². The largest absolute Gasteiger partial charge is 0.314 e. The summed E-state index contributed by atoms with van der Waals surface area (Å²) < 4.78 is 0. The van der Waals surface area contributed by atoms with E-state index in [0.717, 1.165) is 26.2 Å². The molecule has 0 bridgehead atoms. The van der Waals surface area contributed by atoms with E-state index in [-0.39, 0.29) is 0 Å². The molecule has 0 spiro atoms. The average Bonchev–Trinajstić information content (AvgIpc) is 2.33. The molecule has 15 heavy (non-hydrogen) atoms. The molecule has 0 aliphatic carbocycles. The first-order valence-corrected chi connectivity index (χ1v) is 5.82. The zero-order valence-corrected chi connectivity index (χ0v) is 9.37. The van der Waals surface area contributed by atoms with Crippen molar-refractivity contribution < 1.29 is 0 Å². The molecule has 0 saturated carbocycles. The highest BCUT2D eigenvalue weighted by atomic mass is 15.2. The van der Waals surface area contributed by atoms with Gasteiger partial charge in [0.05, 0.1) is 0 Å². The summed E-state index contributed by atoms with van der Waals surface area (Å²) in [5, 5.41) is 3.40. The van der Waals surface area contributed by atoms with E-state index < -0.39 is 0 Å². The van der Waals surface area contributed by atoms with Crippen molar-refractivity contribution in [3.05, 3.63) is 35.9 Å². The minimum Gasteiger partial charge on any atom is -0.314 e. The van der Waals surface area contributed by atoms with E-state index in [1.165, 1.54) is 12.0 Å². The van der Waals surface area contributed by atoms with Crippen molar-refractivity contribution in [1.29, 1.82) is 0 Å². The summed E-state index contributed by atoms with van der Waals surface area (Å²) >= 11 is 0. The first-order chi connectivity index (χ1) is 7.42. The van der Waals surface area contributed by atoms with Gasteiger partial charge in [-0.3, -0.25) is 4.90 Å². The first kappa shape index (κ1) is 10.7. The Morgan fingerprint density at radius 1 is 1.33 bits per heavy atom. The van der Waals surface area contributed by atoms with Crippen LogP contribution >= 0.6 is 0 Å². The van der Waals surface area contributed by atoms with Crippen LogP contribution in [0.1, 0.15) is 24.9 Å². The van der Waals surface area contributed by atoms with Crippen LogP contribution in [0.25, 0.3) is 0 Å². The Balaban J connectivity index is 2.09. The lowest BCUT2D eigenvalue weighted by atomic mass is 10.0. The van der Waals surface area contributed by atoms with E-state index in [4.69, 9.17) is 0 Å². The summed E-state index contributed by atoms with van der Waals surface area (Å²) in [6.07, 6.45) is 1.18. The molecule has 2 heteroatoms. The van der Waals surface area contributed by atoms with Gasteiger partial charge in [0.2, 0.25) is 0 Å². The monoisotopic (exact) mass is 203 g/mol. The highest BCUT2D eigenvalue weighted by Gasteiger charge is 2.19. The normalized spacial score (nSPS) is 20.1. The first-order valence-electron chi connectivity index (χ1n) is 5.82. The van der Waals surface area contributed by atoms with Gasteiger partial charge in [0.25, 0.3) is 0 Å². The van der Waals surface area contributed by atoms with Crippen LogP contribution < -0.4 is 5.32 Å². The van der Waals surface area contributed by atoms with Crippen molar-refractivity contribution in [3.8, 4) is 0 Å². The van der Waals surface area contributed by atoms with Crippen LogP contribution in [0.3, 0.4) is 0 Å². The van der Waals surface area contributed by atoms with Crippen LogP contribution in [-0.4, -0.2) is 31.1 Å². The maximum Gasteiger partial charge on any atom is 0.0346 e. The molecule has 1 radical (unpaired) electrons. The number of rotatable bonds is 3. The van der Waals surface area contributed by atoms with E-state index in [0.29, 0.717) is 6.04 Å². The molecule has 2 nitrogen and oxygen atoms in total. The number of nitrogens with one attached hydrogen (secondary N) is 1. The molecular weight excluding hydrogens is 184 g/mol. The summed E-state index contributed by atoms with van der Waals surface area (Å²) in [6, 6.07) is 12.1. The third-order valence-electron chi connectivity index (χ3n) is 3.11. The average molecular weight is 203 g/mol. The second-order valence-corrected chi connectivity index (χ2v) is 4.04. The van der Waals surface area contributed by atoms with Crippen molar-refractivity contribution in [3.63, 3.8) is 0 Å². The molecule has 1 aromatic rings. The Kier molecular flexibility index (Phi) is 3.75. The number of hydrogen-bond acceptors (Lipinski definition) is 2. The van der Waals surface area contributed by atoms with Crippen LogP contribution in [-0.2, 0) is 0 Å². The van der Waals surface area contributed by atoms with Crippen molar-refractivity contribution in [1.82, 2.24) is 10.2 Å². The van der Waals surface area contributed by atoms with Gasteiger partial charge in [0.15, 0.2) is 0 Å². The number of hydrogen-bond donors (Lipinski definition) is 1. The fourth-order valence-corrected chi connectivity index (χ4v) is 2.32. The minimum absolute atomic E-state index is 0.585. The van der Waals surface area contributed by atoms with Gasteiger partial charge >= 0.3 is 0 Å². The zero-order chi connectivity index (χ0) is 10.5. The molecule has 81 valence electrons. The van der Waals surface area contributed by atoms with Crippen molar-refractivity contribution >= 4 is 0 Å². The SMILES string of the molecule is CCC(c1cc[c]cc1)N1CCNCC1. The lowest BCUT2D eigenvalue weighted by Gasteiger charge is -2.34. The molecular formula is C13H19N2. The Hall–Kier alpha value is -0.860. The second kappa shape index (κ2) is 5.29. The standard InChI is InChI=1S/C13H19N2/c1-2-13(12-6-4-3-5-7-12)15-10-8-14-9-11-15/h4-7,13-14H,2,8-11H2,1H3. The summed E-state index contributed by atoms with van der Waals surface area (Å²) in [7, 11) is 0. The van der Waals surface area contributed by atoms with Crippen LogP contribution in [0.5, 0.6) is 0 Å². The summed E-state index contributed by atoms with van der Waals surface area (Å²) in [6.45, 7) is 6.84. The predicted octanol–water partition coefficient (Wildman–Crippen LogP) is 1.84. The molecule has 1 aliphatic rings. The maximum absolute atomic E-state index is 3.40. The smallest absolute Gasteiger partial charge is 0.0346 e. The number of benzene rings is 1. The lowest BCUT2D eigenvalue weighted by molar-refractivity contribution is 0.169. The zero-order valence-electron chi connectivity index (χ0n) is 9.37. The Labute approximate surface area is 92.3 Å². The van der Waals surface area contributed by atoms with Gasteiger partial charge in [0.1, 0.15) is 0 Å². The summed E-state index contributed by atoms with van der Waals surface area (Å²) in [5.74, 6) is 0. The molecule has 1 fully saturated rings. The Bertz CT molecular complexity index is 278. The fourth-order valence-electron chi connectivity index (χ4n) is 2.32. The van der Waals surface area contributed by atoms with E-state index in [9.17, 15) is 0 Å². The molecule has 1 aliphatic heterocycles. The van der Waals surface area contributed by atoms with Gasteiger partial charge < -0.3 is 5.32 Å².